The lowest BCUT2D eigenvalue weighted by molar-refractivity contribution is 0.0378. The van der Waals surface area contributed by atoms with Crippen molar-refractivity contribution >= 4 is 16.7 Å². The second-order valence-electron chi connectivity index (χ2n) is 8.13. The highest BCUT2D eigenvalue weighted by Gasteiger charge is 2.29. The summed E-state index contributed by atoms with van der Waals surface area (Å²) in [7, 11) is 1.69. The third-order valence-corrected chi connectivity index (χ3v) is 6.03. The Kier molecular flexibility index (Phi) is 5.08. The Bertz CT molecular complexity index is 1110. The fourth-order valence-corrected chi connectivity index (χ4v) is 4.77. The highest BCUT2D eigenvalue weighted by molar-refractivity contribution is 6.08. The van der Waals surface area contributed by atoms with Gasteiger partial charge >= 0.3 is 5.97 Å². The van der Waals surface area contributed by atoms with E-state index in [1.165, 1.54) is 16.7 Å². The molecule has 4 rings (SSSR count). The lowest BCUT2D eigenvalue weighted by Gasteiger charge is -2.23. The van der Waals surface area contributed by atoms with E-state index in [0.29, 0.717) is 5.56 Å². The van der Waals surface area contributed by atoms with Crippen LogP contribution in [0, 0.1) is 13.8 Å². The highest BCUT2D eigenvalue weighted by Crippen LogP contribution is 2.45. The van der Waals surface area contributed by atoms with Gasteiger partial charge in [-0.15, -0.1) is 0 Å². The van der Waals surface area contributed by atoms with Gasteiger partial charge in [0.2, 0.25) is 0 Å². The highest BCUT2D eigenvalue weighted by atomic mass is 16.5. The molecule has 0 aromatic heterocycles. The van der Waals surface area contributed by atoms with Gasteiger partial charge in [-0.3, -0.25) is 0 Å². The smallest absolute Gasteiger partial charge is 0.339 e. The summed E-state index contributed by atoms with van der Waals surface area (Å²) in [5, 5.41) is 2.22. The van der Waals surface area contributed by atoms with Gasteiger partial charge in [0.05, 0.1) is 18.8 Å². The molecular formula is C26H28O3. The van der Waals surface area contributed by atoms with Crippen LogP contribution in [0.4, 0.5) is 0 Å². The molecule has 150 valence electrons. The van der Waals surface area contributed by atoms with E-state index in [9.17, 15) is 4.79 Å². The number of ether oxygens (including phenoxy) is 2. The van der Waals surface area contributed by atoms with E-state index >= 15 is 0 Å². The second kappa shape index (κ2) is 7.55. The van der Waals surface area contributed by atoms with E-state index in [4.69, 9.17) is 9.47 Å². The first-order chi connectivity index (χ1) is 13.9. The van der Waals surface area contributed by atoms with Crippen LogP contribution in [0.15, 0.2) is 36.4 Å². The average Bonchev–Trinajstić information content (AvgIpc) is 3.20. The van der Waals surface area contributed by atoms with Gasteiger partial charge in [-0.1, -0.05) is 30.3 Å². The summed E-state index contributed by atoms with van der Waals surface area (Å²) in [4.78, 5) is 13.3. The van der Waals surface area contributed by atoms with E-state index in [1.54, 1.807) is 7.11 Å². The minimum Gasteiger partial charge on any atom is -0.496 e. The molecule has 0 atom stereocenters. The summed E-state index contributed by atoms with van der Waals surface area (Å²) in [6.07, 6.45) is 3.04. The topological polar surface area (TPSA) is 35.5 Å². The molecule has 0 bridgehead atoms. The normalized spacial score (nSPS) is 13.0. The maximum atomic E-state index is 13.3. The van der Waals surface area contributed by atoms with Crippen molar-refractivity contribution in [2.75, 3.05) is 7.11 Å². The van der Waals surface area contributed by atoms with Crippen LogP contribution in [0.5, 0.6) is 5.75 Å². The third kappa shape index (κ3) is 3.19. The molecule has 29 heavy (non-hydrogen) atoms. The fourth-order valence-electron chi connectivity index (χ4n) is 4.77. The Morgan fingerprint density at radius 1 is 0.931 bits per heavy atom. The van der Waals surface area contributed by atoms with Crippen LogP contribution >= 0.6 is 0 Å². The van der Waals surface area contributed by atoms with Gasteiger partial charge in [0, 0.05) is 11.1 Å². The largest absolute Gasteiger partial charge is 0.496 e. The zero-order valence-electron chi connectivity index (χ0n) is 17.9. The summed E-state index contributed by atoms with van der Waals surface area (Å²) in [6.45, 7) is 8.01. The molecule has 0 saturated heterocycles. The lowest BCUT2D eigenvalue weighted by Crippen LogP contribution is -2.16. The Labute approximate surface area is 172 Å². The fraction of sp³-hybridized carbons (Fsp3) is 0.346. The van der Waals surface area contributed by atoms with E-state index in [0.717, 1.165) is 52.5 Å². The molecule has 1 aliphatic rings. The van der Waals surface area contributed by atoms with Gasteiger partial charge in [-0.2, -0.15) is 0 Å². The lowest BCUT2D eigenvalue weighted by atomic mass is 9.83. The van der Waals surface area contributed by atoms with Crippen molar-refractivity contribution < 1.29 is 14.3 Å². The van der Waals surface area contributed by atoms with Crippen molar-refractivity contribution in [1.29, 1.82) is 0 Å². The Morgan fingerprint density at radius 3 is 2.31 bits per heavy atom. The first kappa shape index (κ1) is 19.5. The summed E-state index contributed by atoms with van der Waals surface area (Å²) in [5.41, 5.74) is 7.56. The van der Waals surface area contributed by atoms with Crippen LogP contribution in [-0.4, -0.2) is 19.2 Å². The minimum absolute atomic E-state index is 0.169. The molecule has 0 aliphatic heterocycles. The van der Waals surface area contributed by atoms with Crippen molar-refractivity contribution in [2.45, 2.75) is 53.1 Å². The third-order valence-electron chi connectivity index (χ3n) is 6.03. The molecule has 3 nitrogen and oxygen atoms in total. The number of methoxy groups -OCH3 is 1. The molecule has 3 aromatic rings. The molecule has 1 aliphatic carbocycles. The monoisotopic (exact) mass is 388 g/mol. The number of carbonyl (C=O) groups is 1. The van der Waals surface area contributed by atoms with Crippen molar-refractivity contribution in [3.8, 4) is 16.9 Å². The van der Waals surface area contributed by atoms with Crippen molar-refractivity contribution in [3.63, 3.8) is 0 Å². The van der Waals surface area contributed by atoms with Crippen LogP contribution in [0.25, 0.3) is 21.9 Å². The second-order valence-corrected chi connectivity index (χ2v) is 8.13. The maximum Gasteiger partial charge on any atom is 0.339 e. The number of rotatable bonds is 4. The van der Waals surface area contributed by atoms with Crippen molar-refractivity contribution in [1.82, 2.24) is 0 Å². The Morgan fingerprint density at radius 2 is 1.62 bits per heavy atom. The molecule has 0 heterocycles. The summed E-state index contributed by atoms with van der Waals surface area (Å²) in [5.74, 6) is 0.531. The van der Waals surface area contributed by atoms with E-state index in [-0.39, 0.29) is 12.1 Å². The number of hydrogen-bond donors (Lipinski definition) is 0. The maximum absolute atomic E-state index is 13.3. The number of fused-ring (bicyclic) bond motifs is 2. The number of carbonyl (C=O) groups excluding carboxylic acids is 1. The minimum atomic E-state index is -0.250. The van der Waals surface area contributed by atoms with Crippen LogP contribution in [0.1, 0.15) is 52.9 Å². The first-order valence-corrected chi connectivity index (χ1v) is 10.4. The molecule has 0 unspecified atom stereocenters. The Balaban J connectivity index is 2.13. The molecule has 0 radical (unpaired) electrons. The standard InChI is InChI=1S/C26H28O3/c1-15(2)29-26(27)24-17(4)20-12-8-11-19(20)16(3)23(24)25-21-10-7-6-9-18(21)13-14-22(25)28-5/h6-7,9-10,13-15H,8,11-12H2,1-5H3. The van der Waals surface area contributed by atoms with E-state index < -0.39 is 0 Å². The first-order valence-electron chi connectivity index (χ1n) is 10.4. The van der Waals surface area contributed by atoms with Gasteiger partial charge in [0.25, 0.3) is 0 Å². The van der Waals surface area contributed by atoms with Gasteiger partial charge in [0.1, 0.15) is 5.75 Å². The molecule has 0 amide bonds. The van der Waals surface area contributed by atoms with E-state index in [1.807, 2.05) is 32.0 Å². The van der Waals surface area contributed by atoms with E-state index in [2.05, 4.69) is 32.0 Å². The molecular weight excluding hydrogens is 360 g/mol. The number of esters is 1. The quantitative estimate of drug-likeness (QED) is 0.500. The van der Waals surface area contributed by atoms with Crippen LogP contribution in [-0.2, 0) is 17.6 Å². The Hall–Kier alpha value is -2.81. The zero-order chi connectivity index (χ0) is 20.7. The molecule has 3 aromatic carbocycles. The number of benzene rings is 3. The van der Waals surface area contributed by atoms with Gasteiger partial charge in [-0.25, -0.2) is 4.79 Å². The van der Waals surface area contributed by atoms with Crippen molar-refractivity contribution in [3.05, 3.63) is 64.2 Å². The number of hydrogen-bond acceptors (Lipinski definition) is 3. The molecule has 0 N–H and O–H groups in total. The average molecular weight is 389 g/mol. The molecule has 0 spiro atoms. The van der Waals surface area contributed by atoms with Crippen LogP contribution in [0.2, 0.25) is 0 Å². The van der Waals surface area contributed by atoms with Gasteiger partial charge < -0.3 is 9.47 Å². The molecule has 0 fully saturated rings. The van der Waals surface area contributed by atoms with Gasteiger partial charge in [-0.05, 0) is 86.1 Å². The predicted molar refractivity (Wildman–Crippen MR) is 118 cm³/mol. The summed E-state index contributed by atoms with van der Waals surface area (Å²) >= 11 is 0. The van der Waals surface area contributed by atoms with Crippen LogP contribution in [0.3, 0.4) is 0 Å². The predicted octanol–water partition coefficient (Wildman–Crippen LogP) is 6.19. The SMILES string of the molecule is COc1ccc2ccccc2c1-c1c(C)c2c(c(C)c1C(=O)OC(C)C)CCC2. The van der Waals surface area contributed by atoms with Gasteiger partial charge in [0.15, 0.2) is 0 Å². The summed E-state index contributed by atoms with van der Waals surface area (Å²) in [6, 6.07) is 12.3. The molecule has 0 saturated carbocycles. The van der Waals surface area contributed by atoms with Crippen LogP contribution < -0.4 is 4.74 Å². The van der Waals surface area contributed by atoms with Crippen molar-refractivity contribution in [2.24, 2.45) is 0 Å². The molecule has 3 heteroatoms. The zero-order valence-corrected chi connectivity index (χ0v) is 17.9. The summed E-state index contributed by atoms with van der Waals surface area (Å²) < 4.78 is 11.5.